The first-order valence-corrected chi connectivity index (χ1v) is 10.2. The van der Waals surface area contributed by atoms with Crippen molar-refractivity contribution in [3.8, 4) is 0 Å². The number of benzene rings is 1. The Hall–Kier alpha value is -2.70. The highest BCUT2D eigenvalue weighted by molar-refractivity contribution is 5.72. The van der Waals surface area contributed by atoms with Gasteiger partial charge >= 0.3 is 5.69 Å². The zero-order chi connectivity index (χ0) is 20.8. The molecule has 7 heteroatoms. The summed E-state index contributed by atoms with van der Waals surface area (Å²) in [5.74, 6) is 0.834. The van der Waals surface area contributed by atoms with E-state index in [1.54, 1.807) is 0 Å². The fraction of sp³-hybridized carbons (Fsp3) is 0.545. The van der Waals surface area contributed by atoms with E-state index in [1.807, 2.05) is 42.3 Å². The third kappa shape index (κ3) is 3.78. The van der Waals surface area contributed by atoms with Gasteiger partial charge in [0.05, 0.1) is 4.92 Å². The van der Waals surface area contributed by atoms with Crippen LogP contribution in [0.2, 0.25) is 0 Å². The summed E-state index contributed by atoms with van der Waals surface area (Å²) in [5.41, 5.74) is 1.50. The smallest absolute Gasteiger partial charge is 0.349 e. The molecule has 1 aliphatic carbocycles. The summed E-state index contributed by atoms with van der Waals surface area (Å²) >= 11 is 0. The van der Waals surface area contributed by atoms with E-state index in [2.05, 4.69) is 35.6 Å². The van der Waals surface area contributed by atoms with Crippen LogP contribution in [-0.2, 0) is 6.54 Å². The zero-order valence-electron chi connectivity index (χ0n) is 17.6. The first kappa shape index (κ1) is 19.6. The van der Waals surface area contributed by atoms with Crippen molar-refractivity contribution in [2.24, 2.45) is 10.8 Å². The lowest BCUT2D eigenvalue weighted by atomic mass is 9.65. The number of nitro groups is 1. The van der Waals surface area contributed by atoms with Crippen LogP contribution in [0.25, 0.3) is 0 Å². The number of anilines is 2. The molecular formula is C22H29N5O2. The van der Waals surface area contributed by atoms with Gasteiger partial charge in [-0.05, 0) is 35.7 Å². The molecule has 2 heterocycles. The largest absolute Gasteiger partial charge is 0.353 e. The topological polar surface area (TPSA) is 75.4 Å². The van der Waals surface area contributed by atoms with Crippen molar-refractivity contribution < 1.29 is 4.92 Å². The molecule has 1 aromatic carbocycles. The SMILES string of the molecule is CN(Cc1ccccc1)c1ncnc(N2CC3(C)CC2CC(C)(C)C3)c1[N+](=O)[O-]. The Kier molecular flexibility index (Phi) is 4.71. The molecule has 0 N–H and O–H groups in total. The van der Waals surface area contributed by atoms with Crippen LogP contribution in [0.3, 0.4) is 0 Å². The van der Waals surface area contributed by atoms with Crippen LogP contribution in [0.5, 0.6) is 0 Å². The van der Waals surface area contributed by atoms with Gasteiger partial charge in [0.2, 0.25) is 11.6 Å². The van der Waals surface area contributed by atoms with Crippen LogP contribution < -0.4 is 9.80 Å². The highest BCUT2D eigenvalue weighted by Crippen LogP contribution is 2.54. The van der Waals surface area contributed by atoms with Gasteiger partial charge in [-0.2, -0.15) is 0 Å². The molecule has 2 unspecified atom stereocenters. The lowest BCUT2D eigenvalue weighted by Crippen LogP contribution is -2.35. The summed E-state index contributed by atoms with van der Waals surface area (Å²) in [6, 6.07) is 10.2. The van der Waals surface area contributed by atoms with Gasteiger partial charge in [-0.15, -0.1) is 0 Å². The second-order valence-electron chi connectivity index (χ2n) is 9.81. The lowest BCUT2D eigenvalue weighted by Gasteiger charge is -2.39. The van der Waals surface area contributed by atoms with E-state index in [0.29, 0.717) is 18.2 Å². The van der Waals surface area contributed by atoms with Gasteiger partial charge in [0.25, 0.3) is 0 Å². The molecule has 2 fully saturated rings. The third-order valence-corrected chi connectivity index (χ3v) is 6.28. The minimum Gasteiger partial charge on any atom is -0.349 e. The monoisotopic (exact) mass is 395 g/mol. The van der Waals surface area contributed by atoms with Crippen molar-refractivity contribution in [3.63, 3.8) is 0 Å². The van der Waals surface area contributed by atoms with E-state index in [4.69, 9.17) is 0 Å². The summed E-state index contributed by atoms with van der Waals surface area (Å²) < 4.78 is 0. The van der Waals surface area contributed by atoms with Crippen molar-refractivity contribution in [3.05, 3.63) is 52.3 Å². The maximum Gasteiger partial charge on any atom is 0.353 e. The molecule has 2 aliphatic rings. The Morgan fingerprint density at radius 3 is 2.62 bits per heavy atom. The second kappa shape index (κ2) is 6.97. The normalized spacial score (nSPS) is 25.1. The van der Waals surface area contributed by atoms with E-state index in [0.717, 1.165) is 31.4 Å². The fourth-order valence-corrected chi connectivity index (χ4v) is 5.65. The van der Waals surface area contributed by atoms with Gasteiger partial charge in [0.1, 0.15) is 6.33 Å². The van der Waals surface area contributed by atoms with E-state index in [9.17, 15) is 10.1 Å². The molecule has 1 aromatic heterocycles. The van der Waals surface area contributed by atoms with E-state index in [1.165, 1.54) is 6.33 Å². The minimum atomic E-state index is -0.318. The van der Waals surface area contributed by atoms with Crippen molar-refractivity contribution >= 4 is 17.3 Å². The third-order valence-electron chi connectivity index (χ3n) is 6.28. The molecule has 0 radical (unpaired) electrons. The number of nitrogens with zero attached hydrogens (tertiary/aromatic N) is 5. The van der Waals surface area contributed by atoms with Crippen LogP contribution in [0.1, 0.15) is 45.6 Å². The standard InChI is InChI=1S/C22H29N5O2/c1-21(2)10-17-11-22(3,13-21)14-26(17)20-18(27(28)29)19(23-15-24-20)25(4)12-16-8-6-5-7-9-16/h5-9,15,17H,10-14H2,1-4H3. The van der Waals surface area contributed by atoms with Crippen molar-refractivity contribution in [2.75, 3.05) is 23.4 Å². The molecule has 7 nitrogen and oxygen atoms in total. The predicted molar refractivity (Wildman–Crippen MR) is 114 cm³/mol. The summed E-state index contributed by atoms with van der Waals surface area (Å²) in [4.78, 5) is 24.5. The Labute approximate surface area is 171 Å². The second-order valence-corrected chi connectivity index (χ2v) is 9.81. The summed E-state index contributed by atoms with van der Waals surface area (Å²) in [6.45, 7) is 8.26. The highest BCUT2D eigenvalue weighted by Gasteiger charge is 2.51. The molecule has 2 bridgehead atoms. The molecule has 1 saturated carbocycles. The molecule has 4 rings (SSSR count). The molecule has 29 heavy (non-hydrogen) atoms. The van der Waals surface area contributed by atoms with Gasteiger partial charge in [-0.3, -0.25) is 10.1 Å². The van der Waals surface area contributed by atoms with Gasteiger partial charge in [0.15, 0.2) is 0 Å². The predicted octanol–water partition coefficient (Wildman–Crippen LogP) is 4.43. The number of fused-ring (bicyclic) bond motifs is 2. The van der Waals surface area contributed by atoms with Crippen LogP contribution in [0.4, 0.5) is 17.3 Å². The van der Waals surface area contributed by atoms with E-state index >= 15 is 0 Å². The first-order valence-electron chi connectivity index (χ1n) is 10.2. The molecular weight excluding hydrogens is 366 g/mol. The average molecular weight is 396 g/mol. The van der Waals surface area contributed by atoms with Crippen LogP contribution in [0, 0.1) is 20.9 Å². The van der Waals surface area contributed by atoms with E-state index < -0.39 is 0 Å². The molecule has 2 atom stereocenters. The fourth-order valence-electron chi connectivity index (χ4n) is 5.65. The van der Waals surface area contributed by atoms with Gasteiger partial charge < -0.3 is 9.80 Å². The highest BCUT2D eigenvalue weighted by atomic mass is 16.6. The zero-order valence-corrected chi connectivity index (χ0v) is 17.6. The number of hydrogen-bond acceptors (Lipinski definition) is 6. The quantitative estimate of drug-likeness (QED) is 0.551. The van der Waals surface area contributed by atoms with Crippen LogP contribution in [0.15, 0.2) is 36.7 Å². The number of hydrogen-bond donors (Lipinski definition) is 0. The molecule has 0 spiro atoms. The summed E-state index contributed by atoms with van der Waals surface area (Å²) in [6.07, 6.45) is 4.69. The van der Waals surface area contributed by atoms with Crippen molar-refractivity contribution in [1.29, 1.82) is 0 Å². The van der Waals surface area contributed by atoms with Crippen molar-refractivity contribution in [1.82, 2.24) is 9.97 Å². The first-order chi connectivity index (χ1) is 13.7. The minimum absolute atomic E-state index is 0.0138. The van der Waals surface area contributed by atoms with Gasteiger partial charge in [0, 0.05) is 26.2 Å². The number of rotatable bonds is 5. The van der Waals surface area contributed by atoms with Gasteiger partial charge in [-0.1, -0.05) is 51.1 Å². The maximum absolute atomic E-state index is 12.1. The Balaban J connectivity index is 1.70. The Morgan fingerprint density at radius 2 is 1.93 bits per heavy atom. The summed E-state index contributed by atoms with van der Waals surface area (Å²) in [7, 11) is 1.85. The van der Waals surface area contributed by atoms with Crippen molar-refractivity contribution in [2.45, 2.75) is 52.6 Å². The number of aromatic nitrogens is 2. The maximum atomic E-state index is 12.1. The van der Waals surface area contributed by atoms with Crippen LogP contribution in [-0.4, -0.2) is 34.5 Å². The summed E-state index contributed by atoms with van der Waals surface area (Å²) in [5, 5.41) is 12.1. The molecule has 1 aliphatic heterocycles. The molecule has 1 saturated heterocycles. The van der Waals surface area contributed by atoms with Crippen LogP contribution >= 0.6 is 0 Å². The average Bonchev–Trinajstić information content (AvgIpc) is 2.90. The molecule has 154 valence electrons. The lowest BCUT2D eigenvalue weighted by molar-refractivity contribution is -0.383. The Morgan fingerprint density at radius 1 is 1.21 bits per heavy atom. The molecule has 2 aromatic rings. The Bertz CT molecular complexity index is 917. The molecule has 0 amide bonds. The van der Waals surface area contributed by atoms with E-state index in [-0.39, 0.29) is 27.5 Å². The van der Waals surface area contributed by atoms with Gasteiger partial charge in [-0.25, -0.2) is 9.97 Å².